The van der Waals surface area contributed by atoms with Crippen LogP contribution >= 0.6 is 0 Å². The predicted octanol–water partition coefficient (Wildman–Crippen LogP) is 16.0. The fourth-order valence-electron chi connectivity index (χ4n) is 19.4. The Hall–Kier alpha value is -15.6. The minimum atomic E-state index is 0. The van der Waals surface area contributed by atoms with Gasteiger partial charge < -0.3 is 142 Å². The molecule has 0 aliphatic carbocycles. The molecule has 36 nitrogen and oxygen atoms in total. The van der Waals surface area contributed by atoms with Crippen LogP contribution in [0, 0.1) is 37.2 Å². The number of para-hydroxylation sites is 6. The summed E-state index contributed by atoms with van der Waals surface area (Å²) in [5.74, 6) is 10.3. The van der Waals surface area contributed by atoms with Crippen LogP contribution in [0.5, 0.6) is 0 Å². The molecule has 24 aromatic heterocycles. The molecule has 0 radical (unpaired) electrons. The van der Waals surface area contributed by atoms with Crippen molar-refractivity contribution >= 4 is 132 Å². The van der Waals surface area contributed by atoms with Gasteiger partial charge >= 0.3 is 126 Å². The minimum Gasteiger partial charge on any atom is -0.472 e. The van der Waals surface area contributed by atoms with Gasteiger partial charge in [0.05, 0.1) is 0 Å². The van der Waals surface area contributed by atoms with Crippen molar-refractivity contribution in [1.82, 2.24) is 172 Å². The van der Waals surface area contributed by atoms with Gasteiger partial charge in [-0.2, -0.15) is 0 Å². The van der Waals surface area contributed by atoms with Crippen molar-refractivity contribution in [2.24, 2.45) is 84.6 Å². The van der Waals surface area contributed by atoms with Crippen LogP contribution in [0.25, 0.3) is 236 Å². The van der Waals surface area contributed by atoms with Gasteiger partial charge in [0.15, 0.2) is 0 Å². The second-order valence-electron chi connectivity index (χ2n) is 35.3. The summed E-state index contributed by atoms with van der Waals surface area (Å²) in [4.78, 5) is 82.2. The first-order chi connectivity index (χ1) is 70.4. The molecular weight excluding hydrogens is 2970 g/mol. The van der Waals surface area contributed by atoms with Crippen molar-refractivity contribution in [2.75, 3.05) is 0 Å². The molecule has 42 heteroatoms. The zero-order valence-electron chi connectivity index (χ0n) is 81.7. The van der Waals surface area contributed by atoms with Crippen LogP contribution < -0.4 is 29.9 Å². The summed E-state index contributed by atoms with van der Waals surface area (Å²) in [6, 6.07) is 49.8. The van der Waals surface area contributed by atoms with Crippen molar-refractivity contribution in [2.45, 2.75) is 0 Å². The molecule has 150 heavy (non-hydrogen) atoms. The van der Waals surface area contributed by atoms with Crippen LogP contribution in [0.2, 0.25) is 0 Å². The van der Waals surface area contributed by atoms with Gasteiger partial charge in [-0.15, -0.1) is 37.2 Å². The first kappa shape index (κ1) is 103. The molecule has 0 bridgehead atoms. The summed E-state index contributed by atoms with van der Waals surface area (Å²) in [6.45, 7) is 0. The number of aryl methyl sites for hydroxylation is 12. The van der Waals surface area contributed by atoms with E-state index in [0.717, 1.165) is 236 Å². The van der Waals surface area contributed by atoms with Gasteiger partial charge in [0.1, 0.15) is 35.3 Å². The largest absolute Gasteiger partial charge is 2.00 e. The van der Waals surface area contributed by atoms with Crippen molar-refractivity contribution in [3.05, 3.63) is 331 Å². The van der Waals surface area contributed by atoms with Crippen molar-refractivity contribution in [1.29, 1.82) is 0 Å². The molecule has 0 amide bonds. The first-order valence-electron chi connectivity index (χ1n) is 46.1. The average Bonchev–Trinajstić information content (AvgIpc) is 1.61. The van der Waals surface area contributed by atoms with E-state index in [1.807, 2.05) is 297 Å². The number of aromatic nitrogens is 36. The third-order valence-electron chi connectivity index (χ3n) is 26.5. The maximum atomic E-state index is 4.91. The fourth-order valence-corrected chi connectivity index (χ4v) is 19.4. The smallest absolute Gasteiger partial charge is 0.472 e. The molecule has 0 saturated carbocycles. The Bertz CT molecular complexity index is 8600. The van der Waals surface area contributed by atoms with Crippen LogP contribution in [0.15, 0.2) is 294 Å². The van der Waals surface area contributed by atoms with E-state index >= 15 is 0 Å². The van der Waals surface area contributed by atoms with E-state index in [0.29, 0.717) is 0 Å². The number of hydrogen-bond donors (Lipinski definition) is 0. The van der Waals surface area contributed by atoms with E-state index in [4.69, 9.17) is 29.9 Å². The van der Waals surface area contributed by atoms with E-state index in [1.165, 1.54) is 0 Å². The van der Waals surface area contributed by atoms with Crippen molar-refractivity contribution in [3.63, 3.8) is 0 Å². The number of fused-ring (bicyclic) bond motifs is 18. The molecule has 0 N–H and O–H groups in total. The Morgan fingerprint density at radius 3 is 0.533 bits per heavy atom. The summed E-state index contributed by atoms with van der Waals surface area (Å²) in [6.07, 6.45) is 62.7. The molecular formula is C108H84N36Pt6. The van der Waals surface area contributed by atoms with Gasteiger partial charge in [0.25, 0.3) is 0 Å². The molecule has 0 atom stereocenters. The summed E-state index contributed by atoms with van der Waals surface area (Å²) in [5, 5.41) is 13.5. The number of nitrogens with zero attached hydrogens (tertiary/aromatic N) is 36. The van der Waals surface area contributed by atoms with E-state index < -0.39 is 0 Å². The van der Waals surface area contributed by atoms with Crippen LogP contribution in [-0.2, 0) is 211 Å². The quantitative estimate of drug-likeness (QED) is 0.103. The molecule has 30 aromatic rings. The Morgan fingerprint density at radius 2 is 0.360 bits per heavy atom. The Balaban J connectivity index is 0.000000112. The number of hydrogen-bond acceptors (Lipinski definition) is 12. The van der Waals surface area contributed by atoms with Gasteiger partial charge in [-0.05, 0) is 192 Å². The van der Waals surface area contributed by atoms with Gasteiger partial charge in [0.2, 0.25) is 0 Å². The molecule has 30 rings (SSSR count). The molecule has 0 fully saturated rings. The Labute approximate surface area is 941 Å². The molecule has 756 valence electrons. The molecule has 6 aromatic carbocycles. The summed E-state index contributed by atoms with van der Waals surface area (Å²) >= 11 is 0. The Kier molecular flexibility index (Phi) is 28.8. The maximum Gasteiger partial charge on any atom is 2.00 e. The SMILES string of the molecule is Cn1c[c-]nc1-c1cccc2c1[n-]c1c2ccn1-c1nccn1C.Cn1c[c-]nc1-c1cccc2c1[n-]c1c2ccn1-c1nccn1C.Cn1c[c-]nc1-c1cccc2c1[n-]c1c2ccn1-c1nccn1C.Cn1ccnc1-c1cccc2c1[n-]c1c2ccn1-c1n[c-]cn1C.Cn1ccnc1-c1cccc2c1[n-]c1c2ccn1-c1n[c-]cn1C.Cn1ccnc1-c1cccc2c1[n-]c1c2ccn1-c1n[c-]cn1C.[Pt+2].[Pt+2].[Pt+2].[Pt+2].[Pt+2].[Pt+2]. The number of benzene rings is 6. The van der Waals surface area contributed by atoms with E-state index in [-0.39, 0.29) is 126 Å². The zero-order valence-corrected chi connectivity index (χ0v) is 95.3. The molecule has 0 aliphatic heterocycles. The summed E-state index contributed by atoms with van der Waals surface area (Å²) < 4.78 is 35.7. The number of imidazole rings is 12. The molecule has 0 unspecified atom stereocenters. The fraction of sp³-hybridized carbons (Fsp3) is 0.111. The van der Waals surface area contributed by atoms with Crippen LogP contribution in [-0.4, -0.2) is 142 Å². The Morgan fingerprint density at radius 1 is 0.173 bits per heavy atom. The normalized spacial score (nSPS) is 11.3. The van der Waals surface area contributed by atoms with Gasteiger partial charge in [-0.3, -0.25) is 0 Å². The van der Waals surface area contributed by atoms with E-state index in [2.05, 4.69) is 224 Å². The standard InChI is InChI=1S/6C18H14N6.6Pt/c6*1-22-10-7-19-16(22)14-5-3-4-12-13-6-9-24(17(13)21-15(12)14)18-20-8-11-23(18)2;;;;;;/h3*3-6,8-11H,1-2H3;3*3-7,9-11H,1-2H3;;;;;;/q6*-2;6*+2. The third kappa shape index (κ3) is 17.4. The average molecular weight is 3060 g/mol. The molecule has 0 saturated heterocycles. The van der Waals surface area contributed by atoms with Gasteiger partial charge in [-0.1, -0.05) is 254 Å². The molecule has 0 aliphatic rings. The van der Waals surface area contributed by atoms with E-state index in [9.17, 15) is 0 Å². The van der Waals surface area contributed by atoms with Crippen molar-refractivity contribution < 1.29 is 126 Å². The number of rotatable bonds is 12. The van der Waals surface area contributed by atoms with Crippen LogP contribution in [0.1, 0.15) is 0 Å². The van der Waals surface area contributed by atoms with Gasteiger partial charge in [0, 0.05) is 133 Å². The van der Waals surface area contributed by atoms with Crippen molar-refractivity contribution in [3.8, 4) is 104 Å². The summed E-state index contributed by atoms with van der Waals surface area (Å²) in [7, 11) is 23.7. The predicted molar refractivity (Wildman–Crippen MR) is 551 cm³/mol. The monoisotopic (exact) mass is 3050 g/mol. The van der Waals surface area contributed by atoms with Crippen LogP contribution in [0.4, 0.5) is 0 Å². The topological polar surface area (TPSA) is 328 Å². The van der Waals surface area contributed by atoms with Gasteiger partial charge in [-0.25, -0.2) is 29.9 Å². The first-order valence-corrected chi connectivity index (χ1v) is 46.1. The minimum absolute atomic E-state index is 0. The maximum absolute atomic E-state index is 4.91. The molecule has 24 heterocycles. The second-order valence-corrected chi connectivity index (χ2v) is 35.3. The second kappa shape index (κ2) is 41.9. The third-order valence-corrected chi connectivity index (χ3v) is 26.5. The molecule has 0 spiro atoms. The van der Waals surface area contributed by atoms with E-state index in [1.54, 1.807) is 37.2 Å². The van der Waals surface area contributed by atoms with Crippen LogP contribution in [0.3, 0.4) is 0 Å². The zero-order chi connectivity index (χ0) is 97.6. The summed E-state index contributed by atoms with van der Waals surface area (Å²) in [5.41, 5.74) is 17.3.